The van der Waals surface area contributed by atoms with Gasteiger partial charge in [0.05, 0.1) is 33.8 Å². The molecule has 0 saturated carbocycles. The monoisotopic (exact) mass is 512 g/mol. The van der Waals surface area contributed by atoms with E-state index in [0.717, 1.165) is 38.5 Å². The Balaban J connectivity index is 0.000000994. The molecule has 5 rings (SSSR count). The topological polar surface area (TPSA) is 33.1 Å². The molecule has 1 aliphatic rings. The van der Waals surface area contributed by atoms with Crippen molar-refractivity contribution in [2.45, 2.75) is 25.8 Å². The molecule has 1 N–H and O–H groups in total. The lowest BCUT2D eigenvalue weighted by Gasteiger charge is -2.26. The highest BCUT2D eigenvalue weighted by Gasteiger charge is 2.30. The average molecular weight is 514 g/mol. The fraction of sp³-hybridized carbons (Fsp3) is 0.174. The van der Waals surface area contributed by atoms with Crippen molar-refractivity contribution in [3.63, 3.8) is 0 Å². The predicted octanol–water partition coefficient (Wildman–Crippen LogP) is 7.36. The quantitative estimate of drug-likeness (QED) is 0.224. The molecule has 4 nitrogen and oxygen atoms in total. The number of aryl methyl sites for hydroxylation is 1. The van der Waals surface area contributed by atoms with Crippen molar-refractivity contribution in [3.8, 4) is 5.69 Å². The van der Waals surface area contributed by atoms with Gasteiger partial charge in [0.1, 0.15) is 0 Å². The van der Waals surface area contributed by atoms with Gasteiger partial charge in [-0.1, -0.05) is 44.2 Å². The summed E-state index contributed by atoms with van der Waals surface area (Å²) in [5.41, 5.74) is 7.68. The van der Waals surface area contributed by atoms with Gasteiger partial charge < -0.3 is 10.2 Å². The van der Waals surface area contributed by atoms with Crippen LogP contribution in [0.25, 0.3) is 16.7 Å². The Morgan fingerprint density at radius 1 is 0.897 bits per heavy atom. The summed E-state index contributed by atoms with van der Waals surface area (Å²) >= 11 is 7.45. The molecule has 0 radical (unpaired) electrons. The van der Waals surface area contributed by atoms with Crippen molar-refractivity contribution < 1.29 is 0 Å². The lowest BCUT2D eigenvalue weighted by atomic mass is 10.1. The number of alkyl halides is 1. The van der Waals surface area contributed by atoms with Gasteiger partial charge in [0.15, 0.2) is 9.81 Å². The number of halogens is 2. The van der Waals surface area contributed by atoms with Crippen LogP contribution in [0.1, 0.15) is 19.4 Å². The summed E-state index contributed by atoms with van der Waals surface area (Å²) in [6, 6.07) is 23.0. The molecule has 0 bridgehead atoms. The Hall–Kier alpha value is -2.31. The van der Waals surface area contributed by atoms with Gasteiger partial charge in [-0.25, -0.2) is 4.98 Å². The Bertz CT molecular complexity index is 1170. The first-order valence-corrected chi connectivity index (χ1v) is 11.4. The molecule has 148 valence electrons. The minimum Gasteiger partial charge on any atom is -0.354 e. The van der Waals surface area contributed by atoms with E-state index in [1.165, 1.54) is 5.56 Å². The molecule has 1 aliphatic heterocycles. The van der Waals surface area contributed by atoms with Crippen LogP contribution in [0, 0.1) is 6.92 Å². The molecule has 29 heavy (non-hydrogen) atoms. The number of benzene rings is 3. The fourth-order valence-corrected chi connectivity index (χ4v) is 4.87. The van der Waals surface area contributed by atoms with Crippen LogP contribution in [0.3, 0.4) is 0 Å². The van der Waals surface area contributed by atoms with Crippen LogP contribution >= 0.6 is 31.9 Å². The van der Waals surface area contributed by atoms with Gasteiger partial charge in [-0.15, -0.1) is 0 Å². The third-order valence-corrected chi connectivity index (χ3v) is 5.99. The predicted molar refractivity (Wildman–Crippen MR) is 130 cm³/mol. The molecule has 1 aromatic heterocycles. The summed E-state index contributed by atoms with van der Waals surface area (Å²) in [5, 5.41) is 3.47. The Morgan fingerprint density at radius 2 is 1.62 bits per heavy atom. The summed E-state index contributed by atoms with van der Waals surface area (Å²) < 4.78 is 2.95. The molecule has 1 unspecified atom stereocenters. The molecule has 1 atom stereocenters. The smallest absolute Gasteiger partial charge is 0.182 e. The molecule has 0 amide bonds. The molecule has 0 fully saturated rings. The Kier molecular flexibility index (Phi) is 5.65. The molecule has 4 aromatic rings. The maximum absolute atomic E-state index is 4.68. The summed E-state index contributed by atoms with van der Waals surface area (Å²) in [7, 11) is 0. The van der Waals surface area contributed by atoms with E-state index >= 15 is 0 Å². The number of para-hydroxylation sites is 4. The van der Waals surface area contributed by atoms with Gasteiger partial charge in [0.2, 0.25) is 0 Å². The van der Waals surface area contributed by atoms with E-state index in [1.54, 1.807) is 0 Å². The second kappa shape index (κ2) is 8.20. The summed E-state index contributed by atoms with van der Waals surface area (Å²) in [6.07, 6.45) is 0. The number of nitrogens with one attached hydrogen (secondary N) is 1. The number of nitrogens with zero attached hydrogens (tertiary/aromatic N) is 3. The summed E-state index contributed by atoms with van der Waals surface area (Å²) in [5.74, 6) is 0. The first kappa shape index (κ1) is 20.0. The minimum atomic E-state index is -0.0241. The molecule has 0 spiro atoms. The van der Waals surface area contributed by atoms with E-state index < -0.39 is 0 Å². The van der Waals surface area contributed by atoms with Gasteiger partial charge in [0.25, 0.3) is 0 Å². The standard InChI is InChI=1S/C21H16Br2N4.C2H6/c1-13-10-11-18(26-16-8-4-2-6-14(16)24-20(26)22)19(12-13)27-17-9-5-3-7-15(17)25-21(27)23;1-2/h2-12,21,25H,1H3;1-2H3. The number of hydrogen-bond donors (Lipinski definition) is 1. The van der Waals surface area contributed by atoms with E-state index in [4.69, 9.17) is 0 Å². The van der Waals surface area contributed by atoms with Crippen molar-refractivity contribution in [3.05, 3.63) is 77.0 Å². The molecule has 3 aromatic carbocycles. The third kappa shape index (κ3) is 3.45. The van der Waals surface area contributed by atoms with Gasteiger partial charge in [-0.2, -0.15) is 0 Å². The van der Waals surface area contributed by atoms with E-state index in [-0.39, 0.29) is 5.08 Å². The fourth-order valence-electron chi connectivity index (χ4n) is 3.61. The van der Waals surface area contributed by atoms with Crippen LogP contribution in [-0.4, -0.2) is 14.6 Å². The zero-order valence-electron chi connectivity index (χ0n) is 16.5. The van der Waals surface area contributed by atoms with E-state index in [1.807, 2.05) is 38.1 Å². The lowest BCUT2D eigenvalue weighted by Crippen LogP contribution is -2.26. The maximum atomic E-state index is 4.68. The number of fused-ring (bicyclic) bond motifs is 2. The number of imidazole rings is 1. The Labute approximate surface area is 187 Å². The highest BCUT2D eigenvalue weighted by molar-refractivity contribution is 9.10. The zero-order chi connectivity index (χ0) is 20.5. The number of aromatic nitrogens is 2. The first-order valence-electron chi connectivity index (χ1n) is 9.66. The second-order valence-electron chi connectivity index (χ2n) is 6.56. The first-order chi connectivity index (χ1) is 14.1. The van der Waals surface area contributed by atoms with Crippen LogP contribution in [0.4, 0.5) is 17.1 Å². The number of anilines is 3. The molecular weight excluding hydrogens is 492 g/mol. The van der Waals surface area contributed by atoms with Crippen molar-refractivity contribution in [1.29, 1.82) is 0 Å². The second-order valence-corrected chi connectivity index (χ2v) is 8.14. The minimum absolute atomic E-state index is 0.0241. The van der Waals surface area contributed by atoms with Gasteiger partial charge >= 0.3 is 0 Å². The van der Waals surface area contributed by atoms with Crippen LogP contribution < -0.4 is 10.2 Å². The maximum Gasteiger partial charge on any atom is 0.182 e. The lowest BCUT2D eigenvalue weighted by molar-refractivity contribution is 0.992. The molecule has 6 heteroatoms. The van der Waals surface area contributed by atoms with Gasteiger partial charge in [-0.3, -0.25) is 4.57 Å². The highest BCUT2D eigenvalue weighted by Crippen LogP contribution is 2.44. The number of hydrogen-bond acceptors (Lipinski definition) is 3. The molecule has 0 aliphatic carbocycles. The van der Waals surface area contributed by atoms with E-state index in [2.05, 4.69) is 101 Å². The van der Waals surface area contributed by atoms with Crippen molar-refractivity contribution in [2.24, 2.45) is 0 Å². The average Bonchev–Trinajstić information content (AvgIpc) is 3.24. The summed E-state index contributed by atoms with van der Waals surface area (Å²) in [4.78, 5) is 6.95. The van der Waals surface area contributed by atoms with Crippen molar-refractivity contribution in [2.75, 3.05) is 10.2 Å². The largest absolute Gasteiger partial charge is 0.354 e. The van der Waals surface area contributed by atoms with Crippen LogP contribution in [0.2, 0.25) is 0 Å². The third-order valence-electron chi connectivity index (χ3n) is 4.82. The van der Waals surface area contributed by atoms with Gasteiger partial charge in [0, 0.05) is 0 Å². The zero-order valence-corrected chi connectivity index (χ0v) is 19.7. The Morgan fingerprint density at radius 3 is 2.45 bits per heavy atom. The highest BCUT2D eigenvalue weighted by atomic mass is 79.9. The summed E-state index contributed by atoms with van der Waals surface area (Å²) in [6.45, 7) is 6.12. The molecular formula is C23H22Br2N4. The number of rotatable bonds is 2. The van der Waals surface area contributed by atoms with Crippen LogP contribution in [0.5, 0.6) is 0 Å². The van der Waals surface area contributed by atoms with Crippen LogP contribution in [-0.2, 0) is 0 Å². The van der Waals surface area contributed by atoms with E-state index in [9.17, 15) is 0 Å². The molecule has 0 saturated heterocycles. The normalized spacial score (nSPS) is 14.9. The van der Waals surface area contributed by atoms with Crippen molar-refractivity contribution >= 4 is 60.0 Å². The van der Waals surface area contributed by atoms with Gasteiger partial charge in [-0.05, 0) is 80.7 Å². The van der Waals surface area contributed by atoms with E-state index in [0.29, 0.717) is 0 Å². The van der Waals surface area contributed by atoms with Crippen LogP contribution in [0.15, 0.2) is 71.5 Å². The SMILES string of the molecule is CC.Cc1ccc(-n2c(Br)nc3ccccc32)c(N2c3ccccc3NC2Br)c1. The van der Waals surface area contributed by atoms with Crippen molar-refractivity contribution in [1.82, 2.24) is 9.55 Å². The molecule has 2 heterocycles.